The third-order valence-corrected chi connectivity index (χ3v) is 4.83. The molecule has 0 aliphatic heterocycles. The van der Waals surface area contributed by atoms with Gasteiger partial charge in [-0.05, 0) is 29.3 Å². The summed E-state index contributed by atoms with van der Waals surface area (Å²) in [6, 6.07) is 22.8. The molecule has 0 saturated heterocycles. The molecule has 33 heavy (non-hydrogen) atoms. The minimum atomic E-state index is -0.429. The fraction of sp³-hybridized carbons (Fsp3) is 0.0800. The van der Waals surface area contributed by atoms with Crippen molar-refractivity contribution in [1.29, 1.82) is 0 Å². The average Bonchev–Trinajstić information content (AvgIpc) is 3.30. The maximum Gasteiger partial charge on any atom is 0.269 e. The van der Waals surface area contributed by atoms with Crippen molar-refractivity contribution in [3.8, 4) is 5.75 Å². The second-order valence-electron chi connectivity index (χ2n) is 7.25. The van der Waals surface area contributed by atoms with Gasteiger partial charge in [0.05, 0.1) is 17.7 Å². The predicted octanol–water partition coefficient (Wildman–Crippen LogP) is 4.71. The van der Waals surface area contributed by atoms with Crippen molar-refractivity contribution in [2.45, 2.75) is 13.2 Å². The highest BCUT2D eigenvalue weighted by Crippen LogP contribution is 2.16. The Morgan fingerprint density at radius 2 is 1.73 bits per heavy atom. The maximum absolute atomic E-state index is 12.2. The summed E-state index contributed by atoms with van der Waals surface area (Å²) in [5, 5.41) is 18.9. The van der Waals surface area contributed by atoms with Crippen molar-refractivity contribution in [1.82, 2.24) is 15.0 Å². The first-order valence-corrected chi connectivity index (χ1v) is 10.2. The standard InChI is InChI=1S/C25H20N4O4/c30-25(21-4-2-1-3-5-21)15-10-19-8-13-24(14-9-19)33-18-22-17-28(27-26-22)16-20-6-11-23(12-7-20)29(31)32/h1-15,17H,16,18H2. The molecule has 0 bridgehead atoms. The lowest BCUT2D eigenvalue weighted by Crippen LogP contribution is -2.00. The zero-order chi connectivity index (χ0) is 23.0. The zero-order valence-electron chi connectivity index (χ0n) is 17.6. The minimum absolute atomic E-state index is 0.0484. The highest BCUT2D eigenvalue weighted by Gasteiger charge is 2.07. The van der Waals surface area contributed by atoms with Crippen LogP contribution in [-0.4, -0.2) is 25.7 Å². The highest BCUT2D eigenvalue weighted by molar-refractivity contribution is 6.06. The van der Waals surface area contributed by atoms with Crippen molar-refractivity contribution < 1.29 is 14.5 Å². The van der Waals surface area contributed by atoms with Gasteiger partial charge in [-0.1, -0.05) is 65.9 Å². The van der Waals surface area contributed by atoms with Gasteiger partial charge in [-0.25, -0.2) is 4.68 Å². The van der Waals surface area contributed by atoms with E-state index in [-0.39, 0.29) is 18.1 Å². The molecule has 4 aromatic rings. The predicted molar refractivity (Wildman–Crippen MR) is 123 cm³/mol. The topological polar surface area (TPSA) is 100 Å². The molecule has 0 spiro atoms. The van der Waals surface area contributed by atoms with E-state index in [4.69, 9.17) is 4.74 Å². The largest absolute Gasteiger partial charge is 0.487 e. The molecule has 1 heterocycles. The summed E-state index contributed by atoms with van der Waals surface area (Å²) in [5.41, 5.74) is 3.13. The number of ketones is 1. The van der Waals surface area contributed by atoms with E-state index in [9.17, 15) is 14.9 Å². The van der Waals surface area contributed by atoms with Gasteiger partial charge < -0.3 is 4.74 Å². The Kier molecular flexibility index (Phi) is 6.65. The van der Waals surface area contributed by atoms with E-state index in [0.717, 1.165) is 11.1 Å². The van der Waals surface area contributed by atoms with Gasteiger partial charge >= 0.3 is 0 Å². The van der Waals surface area contributed by atoms with Gasteiger partial charge in [0.2, 0.25) is 0 Å². The lowest BCUT2D eigenvalue weighted by Gasteiger charge is -2.04. The molecule has 0 N–H and O–H groups in total. The Bertz CT molecular complexity index is 1260. The number of nitro benzene ring substituents is 1. The number of allylic oxidation sites excluding steroid dienone is 1. The molecule has 0 saturated carbocycles. The fourth-order valence-corrected chi connectivity index (χ4v) is 3.10. The van der Waals surface area contributed by atoms with Crippen LogP contribution in [0.25, 0.3) is 6.08 Å². The summed E-state index contributed by atoms with van der Waals surface area (Å²) in [7, 11) is 0. The maximum atomic E-state index is 12.2. The van der Waals surface area contributed by atoms with Crippen LogP contribution in [0.2, 0.25) is 0 Å². The van der Waals surface area contributed by atoms with Gasteiger partial charge in [0.1, 0.15) is 18.1 Å². The van der Waals surface area contributed by atoms with E-state index in [1.54, 1.807) is 47.3 Å². The normalized spacial score (nSPS) is 10.9. The van der Waals surface area contributed by atoms with Crippen LogP contribution in [0.1, 0.15) is 27.2 Å². The van der Waals surface area contributed by atoms with Gasteiger partial charge in [-0.3, -0.25) is 14.9 Å². The minimum Gasteiger partial charge on any atom is -0.487 e. The number of nitrogens with zero attached hydrogens (tertiary/aromatic N) is 4. The Morgan fingerprint density at radius 3 is 2.42 bits per heavy atom. The Labute approximate surface area is 189 Å². The first kappa shape index (κ1) is 21.6. The van der Waals surface area contributed by atoms with Crippen LogP contribution in [0.3, 0.4) is 0 Å². The number of hydrogen-bond acceptors (Lipinski definition) is 6. The van der Waals surface area contributed by atoms with Crippen LogP contribution in [0.5, 0.6) is 5.75 Å². The zero-order valence-corrected chi connectivity index (χ0v) is 17.6. The molecule has 0 unspecified atom stereocenters. The number of non-ortho nitro benzene ring substituents is 1. The van der Waals surface area contributed by atoms with Crippen LogP contribution in [0.15, 0.2) is 91.1 Å². The molecule has 0 aliphatic rings. The molecule has 164 valence electrons. The second-order valence-corrected chi connectivity index (χ2v) is 7.25. The number of nitro groups is 1. The van der Waals surface area contributed by atoms with Crippen LogP contribution in [0.4, 0.5) is 5.69 Å². The van der Waals surface area contributed by atoms with Crippen molar-refractivity contribution in [3.63, 3.8) is 0 Å². The Balaban J connectivity index is 1.29. The lowest BCUT2D eigenvalue weighted by atomic mass is 10.1. The molecule has 0 amide bonds. The van der Waals surface area contributed by atoms with Crippen LogP contribution >= 0.6 is 0 Å². The van der Waals surface area contributed by atoms with E-state index < -0.39 is 4.92 Å². The molecular weight excluding hydrogens is 420 g/mol. The summed E-state index contributed by atoms with van der Waals surface area (Å²) < 4.78 is 7.42. The monoisotopic (exact) mass is 440 g/mol. The second kappa shape index (κ2) is 10.1. The number of benzene rings is 3. The molecule has 0 radical (unpaired) electrons. The van der Waals surface area contributed by atoms with Gasteiger partial charge in [0.15, 0.2) is 5.78 Å². The first-order valence-electron chi connectivity index (χ1n) is 10.2. The Hall–Kier alpha value is -4.59. The number of rotatable bonds is 9. The number of carbonyl (C=O) groups is 1. The molecule has 0 aliphatic carbocycles. The van der Waals surface area contributed by atoms with Gasteiger partial charge in [0, 0.05) is 17.7 Å². The summed E-state index contributed by atoms with van der Waals surface area (Å²) in [5.74, 6) is 0.624. The highest BCUT2D eigenvalue weighted by atomic mass is 16.6. The molecule has 1 aromatic heterocycles. The molecule has 0 atom stereocenters. The van der Waals surface area contributed by atoms with E-state index >= 15 is 0 Å². The van der Waals surface area contributed by atoms with Gasteiger partial charge in [0.25, 0.3) is 5.69 Å². The first-order chi connectivity index (χ1) is 16.1. The van der Waals surface area contributed by atoms with Crippen molar-refractivity contribution in [2.24, 2.45) is 0 Å². The van der Waals surface area contributed by atoms with Crippen molar-refractivity contribution in [3.05, 3.63) is 124 Å². The van der Waals surface area contributed by atoms with E-state index in [1.807, 2.05) is 42.5 Å². The number of aromatic nitrogens is 3. The number of hydrogen-bond donors (Lipinski definition) is 0. The summed E-state index contributed by atoms with van der Waals surface area (Å²) in [4.78, 5) is 22.5. The molecule has 3 aromatic carbocycles. The van der Waals surface area contributed by atoms with Crippen LogP contribution in [-0.2, 0) is 13.2 Å². The van der Waals surface area contributed by atoms with E-state index in [2.05, 4.69) is 10.3 Å². The molecule has 8 heteroatoms. The van der Waals surface area contributed by atoms with Crippen molar-refractivity contribution in [2.75, 3.05) is 0 Å². The van der Waals surface area contributed by atoms with E-state index in [1.165, 1.54) is 12.1 Å². The SMILES string of the molecule is O=C(C=Cc1ccc(OCc2cn(Cc3ccc([N+](=O)[O-])cc3)nn2)cc1)c1ccccc1. The summed E-state index contributed by atoms with van der Waals surface area (Å²) in [6.07, 6.45) is 5.09. The van der Waals surface area contributed by atoms with Crippen LogP contribution in [0, 0.1) is 10.1 Å². The lowest BCUT2D eigenvalue weighted by molar-refractivity contribution is -0.384. The molecule has 4 rings (SSSR count). The van der Waals surface area contributed by atoms with Gasteiger partial charge in [-0.2, -0.15) is 0 Å². The fourth-order valence-electron chi connectivity index (χ4n) is 3.10. The van der Waals surface area contributed by atoms with Crippen molar-refractivity contribution >= 4 is 17.5 Å². The Morgan fingerprint density at radius 1 is 1.00 bits per heavy atom. The molecule has 0 fully saturated rings. The van der Waals surface area contributed by atoms with Crippen LogP contribution < -0.4 is 4.74 Å². The van der Waals surface area contributed by atoms with Gasteiger partial charge in [-0.15, -0.1) is 5.10 Å². The third-order valence-electron chi connectivity index (χ3n) is 4.83. The summed E-state index contributed by atoms with van der Waals surface area (Å²) in [6.45, 7) is 0.704. The smallest absolute Gasteiger partial charge is 0.269 e. The molecular formula is C25H20N4O4. The summed E-state index contributed by atoms with van der Waals surface area (Å²) >= 11 is 0. The number of ether oxygens (including phenoxy) is 1. The average molecular weight is 440 g/mol. The quantitative estimate of drug-likeness (QED) is 0.162. The van der Waals surface area contributed by atoms with E-state index in [0.29, 0.717) is 23.6 Å². The number of carbonyl (C=O) groups excluding carboxylic acids is 1. The third kappa shape index (κ3) is 5.98. The molecule has 8 nitrogen and oxygen atoms in total.